The highest BCUT2D eigenvalue weighted by Gasteiger charge is 2.40. The molecule has 0 aliphatic heterocycles. The molecule has 0 saturated heterocycles. The molecule has 260 valence electrons. The number of hydrogen-bond donors (Lipinski definition) is 0. The number of pyridine rings is 3. The molecule has 0 radical (unpaired) electrons. The van der Waals surface area contributed by atoms with Crippen LogP contribution in [0.3, 0.4) is 0 Å². The van der Waals surface area contributed by atoms with Crippen molar-refractivity contribution in [3.05, 3.63) is 215 Å². The molecule has 2 unspecified atom stereocenters. The molecule has 3 aromatic heterocycles. The van der Waals surface area contributed by atoms with Gasteiger partial charge in [0, 0.05) is 56.6 Å². The highest BCUT2D eigenvalue weighted by atomic mass is 14.7. The molecule has 0 amide bonds. The molecule has 10 rings (SSSR count). The molecular formula is C52H37N3. The lowest BCUT2D eigenvalue weighted by Gasteiger charge is -2.42. The molecule has 0 saturated carbocycles. The first-order valence-corrected chi connectivity index (χ1v) is 18.9. The summed E-state index contributed by atoms with van der Waals surface area (Å²) in [5.74, 6) is 0.432. The van der Waals surface area contributed by atoms with Crippen molar-refractivity contribution in [2.45, 2.75) is 6.92 Å². The quantitative estimate of drug-likeness (QED) is 0.128. The molecule has 4 aliphatic rings. The molecule has 0 bridgehead atoms. The number of nitrogens with zero attached hydrogens (tertiary/aromatic N) is 3. The zero-order valence-corrected chi connectivity index (χ0v) is 30.6. The summed E-state index contributed by atoms with van der Waals surface area (Å²) in [4.78, 5) is 14.8. The van der Waals surface area contributed by atoms with Gasteiger partial charge in [-0.15, -0.1) is 0 Å². The third kappa shape index (κ3) is 5.15. The van der Waals surface area contributed by atoms with E-state index in [9.17, 15) is 0 Å². The lowest BCUT2D eigenvalue weighted by Crippen LogP contribution is -2.30. The second-order valence-corrected chi connectivity index (χ2v) is 14.3. The Bertz CT molecular complexity index is 3080. The van der Waals surface area contributed by atoms with Crippen LogP contribution in [0.25, 0.3) is 73.2 Å². The fraction of sp³-hybridized carbons (Fsp3) is 0.0577. The normalized spacial score (nSPS) is 19.1. The fourth-order valence-corrected chi connectivity index (χ4v) is 9.08. The number of allylic oxidation sites excluding steroid dienone is 17. The van der Waals surface area contributed by atoms with Crippen LogP contribution >= 0.6 is 0 Å². The van der Waals surface area contributed by atoms with Crippen LogP contribution in [0.15, 0.2) is 187 Å². The maximum absolute atomic E-state index is 5.29. The van der Waals surface area contributed by atoms with Crippen molar-refractivity contribution in [3.63, 3.8) is 0 Å². The summed E-state index contributed by atoms with van der Waals surface area (Å²) in [6, 6.07) is 26.0. The van der Waals surface area contributed by atoms with Crippen molar-refractivity contribution >= 4 is 62.0 Å². The molecule has 2 atom stereocenters. The van der Waals surface area contributed by atoms with Gasteiger partial charge in [-0.05, 0) is 75.3 Å². The first-order valence-electron chi connectivity index (χ1n) is 18.9. The van der Waals surface area contributed by atoms with Crippen LogP contribution in [0.5, 0.6) is 0 Å². The summed E-state index contributed by atoms with van der Waals surface area (Å²) in [7, 11) is 0. The second kappa shape index (κ2) is 13.2. The number of aromatic nitrogens is 3. The van der Waals surface area contributed by atoms with Gasteiger partial charge in [-0.25, -0.2) is 4.98 Å². The highest BCUT2D eigenvalue weighted by molar-refractivity contribution is 6.08. The van der Waals surface area contributed by atoms with E-state index in [1.807, 2.05) is 36.7 Å². The Labute approximate surface area is 320 Å². The van der Waals surface area contributed by atoms with Gasteiger partial charge in [0.15, 0.2) is 0 Å². The van der Waals surface area contributed by atoms with Gasteiger partial charge in [-0.2, -0.15) is 0 Å². The molecule has 0 N–H and O–H groups in total. The summed E-state index contributed by atoms with van der Waals surface area (Å²) < 4.78 is 0. The number of benzene rings is 3. The van der Waals surface area contributed by atoms with Gasteiger partial charge in [0.05, 0.1) is 22.1 Å². The third-order valence-electron chi connectivity index (χ3n) is 11.5. The largest absolute Gasteiger partial charge is 0.254 e. The van der Waals surface area contributed by atoms with E-state index >= 15 is 0 Å². The minimum atomic E-state index is 0.215. The van der Waals surface area contributed by atoms with Gasteiger partial charge in [0.25, 0.3) is 0 Å². The zero-order chi connectivity index (χ0) is 37.0. The molecule has 3 heterocycles. The van der Waals surface area contributed by atoms with Crippen molar-refractivity contribution in [1.29, 1.82) is 0 Å². The molecule has 0 spiro atoms. The summed E-state index contributed by atoms with van der Waals surface area (Å²) in [5, 5.41) is 6.49. The monoisotopic (exact) mass is 703 g/mol. The lowest BCUT2D eigenvalue weighted by atomic mass is 9.61. The lowest BCUT2D eigenvalue weighted by molar-refractivity contribution is 0.569. The minimum Gasteiger partial charge on any atom is -0.254 e. The van der Waals surface area contributed by atoms with Gasteiger partial charge in [-0.1, -0.05) is 153 Å². The summed E-state index contributed by atoms with van der Waals surface area (Å²) in [5.41, 5.74) is 15.3. The molecular weight excluding hydrogens is 667 g/mol. The summed E-state index contributed by atoms with van der Waals surface area (Å²) in [6.45, 7) is 9.98. The second-order valence-electron chi connectivity index (χ2n) is 14.3. The van der Waals surface area contributed by atoms with Gasteiger partial charge < -0.3 is 0 Å². The average Bonchev–Trinajstić information content (AvgIpc) is 3.24. The SMILES string of the molecule is C=C/C=C\c1cccc2c(-c3cccc(C4=C5C=CC6=CC=C(c7ccnc8c7ccc7cccnc78)C7=CC=C(C=C4)C5C67)c3)nc(=C/C)/c(=C\C=C)c12. The van der Waals surface area contributed by atoms with Crippen LogP contribution in [0, 0.1) is 11.8 Å². The van der Waals surface area contributed by atoms with E-state index in [1.165, 1.54) is 44.6 Å². The Hall–Kier alpha value is -6.97. The van der Waals surface area contributed by atoms with Crippen LogP contribution in [0.4, 0.5) is 0 Å². The Kier molecular flexibility index (Phi) is 7.81. The molecule has 4 aliphatic carbocycles. The van der Waals surface area contributed by atoms with Crippen molar-refractivity contribution in [3.8, 4) is 11.3 Å². The van der Waals surface area contributed by atoms with Crippen LogP contribution in [0.1, 0.15) is 23.6 Å². The maximum atomic E-state index is 5.29. The first kappa shape index (κ1) is 32.7. The maximum Gasteiger partial charge on any atom is 0.0970 e. The Morgan fingerprint density at radius 3 is 2.42 bits per heavy atom. The zero-order valence-electron chi connectivity index (χ0n) is 30.6. The molecule has 3 heteroatoms. The average molecular weight is 704 g/mol. The number of fused-ring (bicyclic) bond motifs is 4. The molecule has 6 aromatic rings. The Morgan fingerprint density at radius 2 is 1.53 bits per heavy atom. The Balaban J connectivity index is 1.10. The molecule has 3 aromatic carbocycles. The fourth-order valence-electron chi connectivity index (χ4n) is 9.08. The highest BCUT2D eigenvalue weighted by Crippen LogP contribution is 2.54. The summed E-state index contributed by atoms with van der Waals surface area (Å²) in [6.07, 6.45) is 34.3. The van der Waals surface area contributed by atoms with E-state index in [0.717, 1.165) is 60.0 Å². The molecule has 55 heavy (non-hydrogen) atoms. The van der Waals surface area contributed by atoms with E-state index in [0.29, 0.717) is 0 Å². The van der Waals surface area contributed by atoms with Crippen molar-refractivity contribution < 1.29 is 0 Å². The van der Waals surface area contributed by atoms with E-state index in [1.54, 1.807) is 0 Å². The van der Waals surface area contributed by atoms with Crippen LogP contribution < -0.4 is 10.6 Å². The number of hydrogen-bond acceptors (Lipinski definition) is 3. The van der Waals surface area contributed by atoms with Crippen molar-refractivity contribution in [2.75, 3.05) is 0 Å². The van der Waals surface area contributed by atoms with Crippen LogP contribution in [-0.4, -0.2) is 15.0 Å². The number of rotatable bonds is 6. The van der Waals surface area contributed by atoms with Crippen LogP contribution in [0.2, 0.25) is 0 Å². The van der Waals surface area contributed by atoms with E-state index in [-0.39, 0.29) is 11.8 Å². The standard InChI is InChI=1S/C52H37N3/c1-4-7-12-32-13-9-17-45-47(32)44(11-5-2)46(6-3)55-50(45)37-15-8-14-36(31-37)38-23-18-33-21-26-42-39(24-19-34-20-25-41(38)48(33)49(34)42)40-28-30-54-52-43(40)27-22-35-16-10-29-53-51(35)52/h4-31,48-49H,1-2H2,3H3/b12-7-,44-11+,46-6+. The minimum absolute atomic E-state index is 0.215. The van der Waals surface area contributed by atoms with Crippen molar-refractivity contribution in [1.82, 2.24) is 15.0 Å². The van der Waals surface area contributed by atoms with E-state index in [4.69, 9.17) is 15.0 Å². The van der Waals surface area contributed by atoms with E-state index in [2.05, 4.69) is 154 Å². The summed E-state index contributed by atoms with van der Waals surface area (Å²) >= 11 is 0. The van der Waals surface area contributed by atoms with Gasteiger partial charge >= 0.3 is 0 Å². The predicted molar refractivity (Wildman–Crippen MR) is 232 cm³/mol. The smallest absolute Gasteiger partial charge is 0.0970 e. The van der Waals surface area contributed by atoms with Gasteiger partial charge in [-0.3, -0.25) is 9.97 Å². The third-order valence-corrected chi connectivity index (χ3v) is 11.5. The van der Waals surface area contributed by atoms with Gasteiger partial charge in [0.1, 0.15) is 0 Å². The first-order chi connectivity index (χ1) is 27.2. The molecule has 3 nitrogen and oxygen atoms in total. The predicted octanol–water partition coefficient (Wildman–Crippen LogP) is 11.0. The van der Waals surface area contributed by atoms with Crippen molar-refractivity contribution in [2.24, 2.45) is 11.8 Å². The molecule has 0 fully saturated rings. The van der Waals surface area contributed by atoms with Gasteiger partial charge in [0.2, 0.25) is 0 Å². The topological polar surface area (TPSA) is 38.7 Å². The van der Waals surface area contributed by atoms with E-state index < -0.39 is 0 Å². The van der Waals surface area contributed by atoms with Crippen LogP contribution in [-0.2, 0) is 0 Å². The Morgan fingerprint density at radius 1 is 0.691 bits per heavy atom.